The molecule has 1 atom stereocenters. The van der Waals surface area contributed by atoms with E-state index in [9.17, 15) is 5.11 Å². The van der Waals surface area contributed by atoms with E-state index in [4.69, 9.17) is 0 Å². The van der Waals surface area contributed by atoms with Crippen molar-refractivity contribution in [2.75, 3.05) is 6.54 Å². The van der Waals surface area contributed by atoms with E-state index < -0.39 is 0 Å². The van der Waals surface area contributed by atoms with Crippen molar-refractivity contribution in [3.8, 4) is 0 Å². The molecule has 0 saturated carbocycles. The first-order valence-electron chi connectivity index (χ1n) is 6.66. The molecule has 2 aromatic rings. The summed E-state index contributed by atoms with van der Waals surface area (Å²) in [5.74, 6) is 0. The number of hydrogen-bond donors (Lipinski definition) is 2. The van der Waals surface area contributed by atoms with Gasteiger partial charge in [0.2, 0.25) is 0 Å². The van der Waals surface area contributed by atoms with E-state index in [2.05, 4.69) is 22.4 Å². The summed E-state index contributed by atoms with van der Waals surface area (Å²) in [6.45, 7) is 1.36. The average Bonchev–Trinajstić information content (AvgIpc) is 2.47. The zero-order valence-electron chi connectivity index (χ0n) is 11.0. The van der Waals surface area contributed by atoms with Crippen LogP contribution in [0.5, 0.6) is 0 Å². The van der Waals surface area contributed by atoms with Crippen LogP contribution in [0.25, 0.3) is 0 Å². The second-order valence-corrected chi connectivity index (χ2v) is 4.67. The van der Waals surface area contributed by atoms with Crippen LogP contribution < -0.4 is 5.32 Å². The highest BCUT2D eigenvalue weighted by Gasteiger charge is 2.04. The summed E-state index contributed by atoms with van der Waals surface area (Å²) in [7, 11) is 0. The highest BCUT2D eigenvalue weighted by Crippen LogP contribution is 2.04. The molecule has 0 aliphatic rings. The summed E-state index contributed by atoms with van der Waals surface area (Å²) in [6.07, 6.45) is 4.99. The molecule has 1 heterocycles. The van der Waals surface area contributed by atoms with E-state index in [1.807, 2.05) is 36.5 Å². The van der Waals surface area contributed by atoms with Crippen LogP contribution in [0, 0.1) is 0 Å². The van der Waals surface area contributed by atoms with Gasteiger partial charge in [0.15, 0.2) is 0 Å². The fourth-order valence-corrected chi connectivity index (χ4v) is 1.97. The van der Waals surface area contributed by atoms with Crippen molar-refractivity contribution in [2.24, 2.45) is 0 Å². The Bertz CT molecular complexity index is 459. The van der Waals surface area contributed by atoms with Crippen molar-refractivity contribution in [3.63, 3.8) is 0 Å². The van der Waals surface area contributed by atoms with Gasteiger partial charge in [-0.2, -0.15) is 0 Å². The SMILES string of the molecule is O[C@H](CCc1ccccc1)CNCc1cccnc1. The molecule has 0 radical (unpaired) electrons. The fraction of sp³-hybridized carbons (Fsp3) is 0.312. The molecule has 1 aromatic carbocycles. The molecule has 19 heavy (non-hydrogen) atoms. The molecule has 2 N–H and O–H groups in total. The Morgan fingerprint density at radius 1 is 1.05 bits per heavy atom. The first kappa shape index (κ1) is 13.7. The van der Waals surface area contributed by atoms with Crippen LogP contribution in [-0.2, 0) is 13.0 Å². The number of pyridine rings is 1. The number of nitrogens with one attached hydrogen (secondary N) is 1. The third kappa shape index (κ3) is 5.20. The molecule has 0 unspecified atom stereocenters. The van der Waals surface area contributed by atoms with Gasteiger partial charge in [0.05, 0.1) is 6.10 Å². The van der Waals surface area contributed by atoms with Crippen LogP contribution in [-0.4, -0.2) is 22.7 Å². The van der Waals surface area contributed by atoms with Crippen molar-refractivity contribution >= 4 is 0 Å². The Kier molecular flexibility index (Phi) is 5.53. The number of hydrogen-bond acceptors (Lipinski definition) is 3. The maximum absolute atomic E-state index is 9.91. The normalized spacial score (nSPS) is 12.3. The van der Waals surface area contributed by atoms with Crippen LogP contribution in [0.1, 0.15) is 17.5 Å². The zero-order chi connectivity index (χ0) is 13.3. The number of aryl methyl sites for hydroxylation is 1. The molecule has 0 fully saturated rings. The first-order valence-corrected chi connectivity index (χ1v) is 6.66. The van der Waals surface area contributed by atoms with Crippen LogP contribution in [0.3, 0.4) is 0 Å². The molecule has 0 saturated heterocycles. The smallest absolute Gasteiger partial charge is 0.0667 e. The monoisotopic (exact) mass is 256 g/mol. The van der Waals surface area contributed by atoms with Gasteiger partial charge in [0, 0.05) is 25.5 Å². The molecule has 0 aliphatic heterocycles. The molecule has 2 rings (SSSR count). The van der Waals surface area contributed by atoms with E-state index >= 15 is 0 Å². The minimum Gasteiger partial charge on any atom is -0.392 e. The van der Waals surface area contributed by atoms with Crippen molar-refractivity contribution < 1.29 is 5.11 Å². The maximum Gasteiger partial charge on any atom is 0.0667 e. The number of rotatable bonds is 7. The minimum absolute atomic E-state index is 0.308. The molecule has 100 valence electrons. The van der Waals surface area contributed by atoms with Crippen molar-refractivity contribution in [2.45, 2.75) is 25.5 Å². The first-order chi connectivity index (χ1) is 9.34. The number of aliphatic hydroxyl groups excluding tert-OH is 1. The van der Waals surface area contributed by atoms with Gasteiger partial charge < -0.3 is 10.4 Å². The second-order valence-electron chi connectivity index (χ2n) is 4.67. The van der Waals surface area contributed by atoms with Crippen LogP contribution in [0.15, 0.2) is 54.9 Å². The largest absolute Gasteiger partial charge is 0.392 e. The van der Waals surface area contributed by atoms with Crippen LogP contribution >= 0.6 is 0 Å². The summed E-state index contributed by atoms with van der Waals surface area (Å²) in [4.78, 5) is 4.06. The maximum atomic E-state index is 9.91. The van der Waals surface area contributed by atoms with Gasteiger partial charge in [0.1, 0.15) is 0 Å². The number of aromatic nitrogens is 1. The molecule has 0 bridgehead atoms. The van der Waals surface area contributed by atoms with Gasteiger partial charge in [0.25, 0.3) is 0 Å². The molecule has 0 spiro atoms. The Morgan fingerprint density at radius 2 is 1.84 bits per heavy atom. The number of nitrogens with zero attached hydrogens (tertiary/aromatic N) is 1. The van der Waals surface area contributed by atoms with Crippen molar-refractivity contribution in [3.05, 3.63) is 66.0 Å². The van der Waals surface area contributed by atoms with Crippen LogP contribution in [0.2, 0.25) is 0 Å². The Balaban J connectivity index is 1.64. The van der Waals surface area contributed by atoms with Gasteiger partial charge in [-0.25, -0.2) is 0 Å². The topological polar surface area (TPSA) is 45.1 Å². The van der Waals surface area contributed by atoms with Gasteiger partial charge in [-0.15, -0.1) is 0 Å². The summed E-state index contributed by atoms with van der Waals surface area (Å²) in [5.41, 5.74) is 2.41. The third-order valence-electron chi connectivity index (χ3n) is 3.04. The molecule has 3 heteroatoms. The van der Waals surface area contributed by atoms with Gasteiger partial charge >= 0.3 is 0 Å². The Hall–Kier alpha value is -1.71. The van der Waals surface area contributed by atoms with Gasteiger partial charge in [-0.3, -0.25) is 4.98 Å². The van der Waals surface area contributed by atoms with E-state index in [0.717, 1.165) is 24.9 Å². The van der Waals surface area contributed by atoms with E-state index in [1.54, 1.807) is 6.20 Å². The average molecular weight is 256 g/mol. The summed E-state index contributed by atoms with van der Waals surface area (Å²) in [6, 6.07) is 14.2. The molecule has 0 amide bonds. The zero-order valence-corrected chi connectivity index (χ0v) is 11.0. The quantitative estimate of drug-likeness (QED) is 0.798. The van der Waals surface area contributed by atoms with Gasteiger partial charge in [-0.1, -0.05) is 36.4 Å². The summed E-state index contributed by atoms with van der Waals surface area (Å²) < 4.78 is 0. The lowest BCUT2D eigenvalue weighted by molar-refractivity contribution is 0.161. The van der Waals surface area contributed by atoms with Gasteiger partial charge in [-0.05, 0) is 30.0 Å². The predicted octanol–water partition coefficient (Wildman–Crippen LogP) is 2.16. The van der Waals surface area contributed by atoms with Crippen LogP contribution in [0.4, 0.5) is 0 Å². The Morgan fingerprint density at radius 3 is 2.58 bits per heavy atom. The highest BCUT2D eigenvalue weighted by atomic mass is 16.3. The molecule has 3 nitrogen and oxygen atoms in total. The van der Waals surface area contributed by atoms with E-state index in [0.29, 0.717) is 6.54 Å². The molecular formula is C16H20N2O. The fourth-order valence-electron chi connectivity index (χ4n) is 1.97. The lowest BCUT2D eigenvalue weighted by atomic mass is 10.1. The standard InChI is InChI=1S/C16H20N2O/c19-16(9-8-14-5-2-1-3-6-14)13-18-12-15-7-4-10-17-11-15/h1-7,10-11,16,18-19H,8-9,12-13H2/t16-/m1/s1. The summed E-state index contributed by atoms with van der Waals surface area (Å²) >= 11 is 0. The molecule has 1 aromatic heterocycles. The molecular weight excluding hydrogens is 236 g/mol. The molecule has 0 aliphatic carbocycles. The number of benzene rings is 1. The Labute approximate surface area is 114 Å². The predicted molar refractivity (Wildman–Crippen MR) is 76.7 cm³/mol. The lowest BCUT2D eigenvalue weighted by Gasteiger charge is -2.11. The minimum atomic E-state index is -0.308. The lowest BCUT2D eigenvalue weighted by Crippen LogP contribution is -2.26. The second kappa shape index (κ2) is 7.67. The van der Waals surface area contributed by atoms with E-state index in [1.165, 1.54) is 5.56 Å². The highest BCUT2D eigenvalue weighted by molar-refractivity contribution is 5.14. The number of aliphatic hydroxyl groups is 1. The van der Waals surface area contributed by atoms with E-state index in [-0.39, 0.29) is 6.10 Å². The third-order valence-corrected chi connectivity index (χ3v) is 3.04. The van der Waals surface area contributed by atoms with Crippen molar-refractivity contribution in [1.82, 2.24) is 10.3 Å². The van der Waals surface area contributed by atoms with Crippen molar-refractivity contribution in [1.29, 1.82) is 0 Å². The summed E-state index contributed by atoms with van der Waals surface area (Å²) in [5, 5.41) is 13.2.